The van der Waals surface area contributed by atoms with Crippen LogP contribution in [0.15, 0.2) is 57.9 Å². The van der Waals surface area contributed by atoms with Gasteiger partial charge in [0.1, 0.15) is 28.9 Å². The number of fused-ring (bicyclic) bond motifs is 1. The molecule has 1 atom stereocenters. The number of rotatable bonds is 3. The highest BCUT2D eigenvalue weighted by atomic mass is 16.7. The van der Waals surface area contributed by atoms with Gasteiger partial charge >= 0.3 is 0 Å². The minimum Gasteiger partial charge on any atom is -0.497 e. The molecule has 5 nitrogen and oxygen atoms in total. The summed E-state index contributed by atoms with van der Waals surface area (Å²) in [5, 5.41) is 0.471. The zero-order valence-corrected chi connectivity index (χ0v) is 15.6. The van der Waals surface area contributed by atoms with Crippen LogP contribution < -0.4 is 14.9 Å². The Morgan fingerprint density at radius 1 is 1.04 bits per heavy atom. The molecule has 0 aliphatic carbocycles. The van der Waals surface area contributed by atoms with Gasteiger partial charge < -0.3 is 18.6 Å². The first-order valence-electron chi connectivity index (χ1n) is 9.23. The van der Waals surface area contributed by atoms with Crippen LogP contribution in [0.4, 0.5) is 0 Å². The van der Waals surface area contributed by atoms with E-state index in [9.17, 15) is 4.79 Å². The molecule has 1 saturated heterocycles. The van der Waals surface area contributed by atoms with Crippen LogP contribution in [0.1, 0.15) is 30.4 Å². The second-order valence-corrected chi connectivity index (χ2v) is 6.53. The second kappa shape index (κ2) is 8.20. The summed E-state index contributed by atoms with van der Waals surface area (Å²) in [5.74, 6) is 7.25. The molecule has 28 heavy (non-hydrogen) atoms. The largest absolute Gasteiger partial charge is 0.497 e. The molecular formula is C23H20O5. The van der Waals surface area contributed by atoms with Gasteiger partial charge in [0.25, 0.3) is 0 Å². The van der Waals surface area contributed by atoms with E-state index in [2.05, 4.69) is 11.8 Å². The minimum atomic E-state index is -0.243. The van der Waals surface area contributed by atoms with Gasteiger partial charge in [0, 0.05) is 18.1 Å². The van der Waals surface area contributed by atoms with Gasteiger partial charge in [-0.15, -0.1) is 0 Å². The van der Waals surface area contributed by atoms with Gasteiger partial charge in [-0.1, -0.05) is 11.8 Å². The molecule has 3 aromatic rings. The Bertz CT molecular complexity index is 1080. The molecule has 1 aliphatic rings. The Morgan fingerprint density at radius 2 is 1.86 bits per heavy atom. The SMILES string of the molecule is COc1ccc(C#Cc2coc3cc(OC4CCCCO4)ccc3c2=O)cc1. The average Bonchev–Trinajstić information content (AvgIpc) is 2.74. The van der Waals surface area contributed by atoms with Crippen LogP contribution in [-0.2, 0) is 4.74 Å². The third kappa shape index (κ3) is 4.03. The van der Waals surface area contributed by atoms with Crippen LogP contribution in [0.2, 0.25) is 0 Å². The van der Waals surface area contributed by atoms with Gasteiger partial charge in [-0.3, -0.25) is 4.79 Å². The Balaban J connectivity index is 1.57. The molecule has 0 saturated carbocycles. The van der Waals surface area contributed by atoms with E-state index in [1.165, 1.54) is 6.26 Å². The normalized spacial score (nSPS) is 16.2. The van der Waals surface area contributed by atoms with E-state index in [4.69, 9.17) is 18.6 Å². The summed E-state index contributed by atoms with van der Waals surface area (Å²) >= 11 is 0. The predicted molar refractivity (Wildman–Crippen MR) is 106 cm³/mol. The molecule has 0 radical (unpaired) electrons. The van der Waals surface area contributed by atoms with E-state index in [-0.39, 0.29) is 11.7 Å². The minimum absolute atomic E-state index is 0.164. The lowest BCUT2D eigenvalue weighted by atomic mass is 10.1. The summed E-state index contributed by atoms with van der Waals surface area (Å²) in [6, 6.07) is 12.5. The average molecular weight is 376 g/mol. The molecular weight excluding hydrogens is 356 g/mol. The van der Waals surface area contributed by atoms with Crippen molar-refractivity contribution >= 4 is 11.0 Å². The Kier molecular flexibility index (Phi) is 5.31. The molecule has 0 N–H and O–H groups in total. The fourth-order valence-electron chi connectivity index (χ4n) is 3.04. The van der Waals surface area contributed by atoms with Crippen LogP contribution in [0, 0.1) is 11.8 Å². The van der Waals surface area contributed by atoms with Crippen molar-refractivity contribution in [1.29, 1.82) is 0 Å². The molecule has 0 amide bonds. The first-order valence-corrected chi connectivity index (χ1v) is 9.23. The molecule has 5 heteroatoms. The van der Waals surface area contributed by atoms with Crippen molar-refractivity contribution in [1.82, 2.24) is 0 Å². The summed E-state index contributed by atoms with van der Waals surface area (Å²) in [6.07, 6.45) is 4.16. The van der Waals surface area contributed by atoms with Gasteiger partial charge in [-0.25, -0.2) is 0 Å². The zero-order chi connectivity index (χ0) is 19.3. The number of benzene rings is 2. The summed E-state index contributed by atoms with van der Waals surface area (Å²) in [4.78, 5) is 12.7. The third-order valence-electron chi connectivity index (χ3n) is 4.58. The first kappa shape index (κ1) is 18.1. The van der Waals surface area contributed by atoms with Crippen molar-refractivity contribution in [3.8, 4) is 23.3 Å². The Hall–Kier alpha value is -3.23. The second-order valence-electron chi connectivity index (χ2n) is 6.53. The van der Waals surface area contributed by atoms with Gasteiger partial charge in [0.2, 0.25) is 5.43 Å². The standard InChI is InChI=1S/C23H20O5/c1-25-18-9-6-16(7-10-18)5-8-17-15-27-21-14-19(11-12-20(21)23(17)24)28-22-4-2-3-13-26-22/h6-7,9-12,14-15,22H,2-4,13H2,1H3. The molecule has 142 valence electrons. The van der Waals surface area contributed by atoms with Crippen molar-refractivity contribution in [3.05, 3.63) is 70.1 Å². The molecule has 0 spiro atoms. The highest BCUT2D eigenvalue weighted by molar-refractivity contribution is 5.79. The quantitative estimate of drug-likeness (QED) is 0.644. The zero-order valence-electron chi connectivity index (χ0n) is 15.6. The van der Waals surface area contributed by atoms with Crippen LogP contribution in [-0.4, -0.2) is 20.0 Å². The number of methoxy groups -OCH3 is 1. The fourth-order valence-corrected chi connectivity index (χ4v) is 3.04. The van der Waals surface area contributed by atoms with Crippen molar-refractivity contribution in [2.24, 2.45) is 0 Å². The van der Waals surface area contributed by atoms with E-state index in [0.29, 0.717) is 28.9 Å². The van der Waals surface area contributed by atoms with E-state index in [1.54, 1.807) is 25.3 Å². The maximum absolute atomic E-state index is 12.7. The summed E-state index contributed by atoms with van der Waals surface area (Å²) in [5.41, 5.74) is 1.40. The van der Waals surface area contributed by atoms with Gasteiger partial charge in [-0.05, 0) is 49.2 Å². The molecule has 2 heterocycles. The van der Waals surface area contributed by atoms with Crippen molar-refractivity contribution < 1.29 is 18.6 Å². The number of hydrogen-bond donors (Lipinski definition) is 0. The summed E-state index contributed by atoms with van der Waals surface area (Å²) in [6.45, 7) is 0.712. The van der Waals surface area contributed by atoms with Gasteiger partial charge in [0.15, 0.2) is 6.29 Å². The smallest absolute Gasteiger partial charge is 0.208 e. The monoisotopic (exact) mass is 376 g/mol. The highest BCUT2D eigenvalue weighted by Gasteiger charge is 2.16. The van der Waals surface area contributed by atoms with E-state index in [1.807, 2.05) is 24.3 Å². The van der Waals surface area contributed by atoms with Crippen molar-refractivity contribution in [3.63, 3.8) is 0 Å². The van der Waals surface area contributed by atoms with E-state index < -0.39 is 0 Å². The molecule has 0 bridgehead atoms. The molecule has 1 fully saturated rings. The van der Waals surface area contributed by atoms with Crippen molar-refractivity contribution in [2.45, 2.75) is 25.6 Å². The molecule has 4 rings (SSSR count). The third-order valence-corrected chi connectivity index (χ3v) is 4.58. The van der Waals surface area contributed by atoms with Gasteiger partial charge in [0.05, 0.1) is 19.1 Å². The van der Waals surface area contributed by atoms with Crippen LogP contribution >= 0.6 is 0 Å². The topological polar surface area (TPSA) is 57.9 Å². The first-order chi connectivity index (χ1) is 13.7. The van der Waals surface area contributed by atoms with Crippen LogP contribution in [0.5, 0.6) is 11.5 Å². The lowest BCUT2D eigenvalue weighted by Gasteiger charge is -2.23. The predicted octanol–water partition coefficient (Wildman–Crippen LogP) is 4.11. The summed E-state index contributed by atoms with van der Waals surface area (Å²) in [7, 11) is 1.61. The fraction of sp³-hybridized carbons (Fsp3) is 0.261. The highest BCUT2D eigenvalue weighted by Crippen LogP contribution is 2.23. The summed E-state index contributed by atoms with van der Waals surface area (Å²) < 4.78 is 22.2. The Labute approximate surface area is 162 Å². The lowest BCUT2D eigenvalue weighted by Crippen LogP contribution is -2.24. The lowest BCUT2D eigenvalue weighted by molar-refractivity contribution is -0.105. The molecule has 1 aliphatic heterocycles. The molecule has 1 unspecified atom stereocenters. The van der Waals surface area contributed by atoms with Gasteiger partial charge in [-0.2, -0.15) is 0 Å². The molecule has 1 aromatic heterocycles. The maximum Gasteiger partial charge on any atom is 0.208 e. The Morgan fingerprint density at radius 3 is 2.61 bits per heavy atom. The molecule has 2 aromatic carbocycles. The maximum atomic E-state index is 12.7. The van der Waals surface area contributed by atoms with E-state index >= 15 is 0 Å². The number of hydrogen-bond acceptors (Lipinski definition) is 5. The number of ether oxygens (including phenoxy) is 3. The van der Waals surface area contributed by atoms with E-state index in [0.717, 1.165) is 30.6 Å². The van der Waals surface area contributed by atoms with Crippen LogP contribution in [0.25, 0.3) is 11.0 Å². The van der Waals surface area contributed by atoms with Crippen molar-refractivity contribution in [2.75, 3.05) is 13.7 Å². The van der Waals surface area contributed by atoms with Crippen LogP contribution in [0.3, 0.4) is 0 Å².